The number of hydrogen-bond donors (Lipinski definition) is 2. The van der Waals surface area contributed by atoms with Crippen molar-refractivity contribution in [3.8, 4) is 0 Å². The Bertz CT molecular complexity index is 502. The zero-order valence-corrected chi connectivity index (χ0v) is 13.1. The van der Waals surface area contributed by atoms with Gasteiger partial charge in [0.2, 0.25) is 0 Å². The molecule has 0 aliphatic rings. The fourth-order valence-corrected chi connectivity index (χ4v) is 2.18. The predicted molar refractivity (Wildman–Crippen MR) is 83.6 cm³/mol. The lowest BCUT2D eigenvalue weighted by molar-refractivity contribution is -0.140. The standard InChI is InChI=1S/C16H24N2O3/c1-5-11(3)14(15(19)20)17-16(21)18(6-2)13-10-8-7-9-12(13)4/h7-11,14H,5-6H2,1-4H3,(H,17,21)(H,19,20)/t11?,14-/m0/s1. The van der Waals surface area contributed by atoms with Gasteiger partial charge in [0.25, 0.3) is 0 Å². The van der Waals surface area contributed by atoms with Gasteiger partial charge < -0.3 is 10.4 Å². The van der Waals surface area contributed by atoms with Crippen molar-refractivity contribution in [3.63, 3.8) is 0 Å². The van der Waals surface area contributed by atoms with Crippen molar-refractivity contribution >= 4 is 17.7 Å². The van der Waals surface area contributed by atoms with E-state index in [9.17, 15) is 14.7 Å². The summed E-state index contributed by atoms with van der Waals surface area (Å²) < 4.78 is 0. The highest BCUT2D eigenvalue weighted by atomic mass is 16.4. The average molecular weight is 292 g/mol. The lowest BCUT2D eigenvalue weighted by Crippen LogP contribution is -2.50. The van der Waals surface area contributed by atoms with Gasteiger partial charge in [-0.05, 0) is 31.4 Å². The van der Waals surface area contributed by atoms with Gasteiger partial charge in [-0.1, -0.05) is 38.5 Å². The number of nitrogens with zero attached hydrogens (tertiary/aromatic N) is 1. The number of urea groups is 1. The molecule has 2 amide bonds. The van der Waals surface area contributed by atoms with Crippen LogP contribution in [0.4, 0.5) is 10.5 Å². The minimum absolute atomic E-state index is 0.123. The highest BCUT2D eigenvalue weighted by Crippen LogP contribution is 2.19. The molecule has 1 aromatic rings. The molecule has 5 nitrogen and oxygen atoms in total. The first-order chi connectivity index (χ1) is 9.92. The van der Waals surface area contributed by atoms with Crippen LogP contribution in [0.1, 0.15) is 32.8 Å². The fourth-order valence-electron chi connectivity index (χ4n) is 2.18. The third kappa shape index (κ3) is 4.21. The summed E-state index contributed by atoms with van der Waals surface area (Å²) in [5.74, 6) is -1.12. The molecule has 5 heteroatoms. The van der Waals surface area contributed by atoms with Crippen LogP contribution in [0.5, 0.6) is 0 Å². The molecule has 0 saturated carbocycles. The van der Waals surface area contributed by atoms with Gasteiger partial charge in [-0.15, -0.1) is 0 Å². The van der Waals surface area contributed by atoms with E-state index in [2.05, 4.69) is 5.32 Å². The Hall–Kier alpha value is -2.04. The number of carboxylic acid groups (broad SMARTS) is 1. The van der Waals surface area contributed by atoms with E-state index in [1.807, 2.05) is 52.0 Å². The Morgan fingerprint density at radius 2 is 1.90 bits per heavy atom. The molecule has 116 valence electrons. The quantitative estimate of drug-likeness (QED) is 0.846. The predicted octanol–water partition coefficient (Wildman–Crippen LogP) is 3.03. The second kappa shape index (κ2) is 7.67. The van der Waals surface area contributed by atoms with Gasteiger partial charge in [-0.2, -0.15) is 0 Å². The van der Waals surface area contributed by atoms with E-state index in [0.717, 1.165) is 11.3 Å². The number of benzene rings is 1. The van der Waals surface area contributed by atoms with Crippen LogP contribution in [0.25, 0.3) is 0 Å². The molecule has 0 spiro atoms. The summed E-state index contributed by atoms with van der Waals surface area (Å²) in [6.07, 6.45) is 0.688. The molecular formula is C16H24N2O3. The zero-order chi connectivity index (χ0) is 16.0. The molecule has 2 N–H and O–H groups in total. The number of aryl methyl sites for hydroxylation is 1. The summed E-state index contributed by atoms with van der Waals surface area (Å²) in [7, 11) is 0. The van der Waals surface area contributed by atoms with Gasteiger partial charge in [-0.25, -0.2) is 9.59 Å². The molecular weight excluding hydrogens is 268 g/mol. The summed E-state index contributed by atoms with van der Waals surface area (Å²) in [6.45, 7) is 8.00. The average Bonchev–Trinajstić information content (AvgIpc) is 2.46. The van der Waals surface area contributed by atoms with Gasteiger partial charge in [0.1, 0.15) is 6.04 Å². The van der Waals surface area contributed by atoms with Crippen LogP contribution >= 0.6 is 0 Å². The number of amides is 2. The minimum atomic E-state index is -1.00. The van der Waals surface area contributed by atoms with Crippen molar-refractivity contribution < 1.29 is 14.7 Å². The van der Waals surface area contributed by atoms with E-state index in [0.29, 0.717) is 13.0 Å². The molecule has 1 rings (SSSR count). The summed E-state index contributed by atoms with van der Waals surface area (Å²) in [5.41, 5.74) is 1.77. The monoisotopic (exact) mass is 292 g/mol. The first kappa shape index (κ1) is 17.0. The Kier molecular flexibility index (Phi) is 6.21. The van der Waals surface area contributed by atoms with Gasteiger partial charge in [0.05, 0.1) is 0 Å². The molecule has 0 aliphatic heterocycles. The van der Waals surface area contributed by atoms with Crippen LogP contribution in [0.3, 0.4) is 0 Å². The van der Waals surface area contributed by atoms with Crippen molar-refractivity contribution in [2.24, 2.45) is 5.92 Å². The number of carboxylic acids is 1. The number of hydrogen-bond acceptors (Lipinski definition) is 2. The normalized spacial score (nSPS) is 13.3. The minimum Gasteiger partial charge on any atom is -0.480 e. The largest absolute Gasteiger partial charge is 0.480 e. The lowest BCUT2D eigenvalue weighted by Gasteiger charge is -2.27. The molecule has 0 bridgehead atoms. The van der Waals surface area contributed by atoms with Gasteiger partial charge >= 0.3 is 12.0 Å². The zero-order valence-electron chi connectivity index (χ0n) is 13.1. The highest BCUT2D eigenvalue weighted by molar-refractivity contribution is 5.95. The highest BCUT2D eigenvalue weighted by Gasteiger charge is 2.27. The van der Waals surface area contributed by atoms with Crippen LogP contribution in [-0.2, 0) is 4.79 Å². The second-order valence-corrected chi connectivity index (χ2v) is 5.18. The smallest absolute Gasteiger partial charge is 0.326 e. The molecule has 0 saturated heterocycles. The number of carbonyl (C=O) groups is 2. The van der Waals surface area contributed by atoms with Crippen LogP contribution < -0.4 is 10.2 Å². The maximum atomic E-state index is 12.4. The molecule has 0 fully saturated rings. The topological polar surface area (TPSA) is 69.6 Å². The third-order valence-electron chi connectivity index (χ3n) is 3.73. The van der Waals surface area contributed by atoms with Gasteiger partial charge in [0.15, 0.2) is 0 Å². The molecule has 0 heterocycles. The van der Waals surface area contributed by atoms with Crippen molar-refractivity contribution in [3.05, 3.63) is 29.8 Å². The van der Waals surface area contributed by atoms with Crippen molar-refractivity contribution in [2.75, 3.05) is 11.4 Å². The lowest BCUT2D eigenvalue weighted by atomic mass is 9.99. The van der Waals surface area contributed by atoms with E-state index in [-0.39, 0.29) is 11.9 Å². The van der Waals surface area contributed by atoms with Crippen molar-refractivity contribution in [1.29, 1.82) is 0 Å². The van der Waals surface area contributed by atoms with Gasteiger partial charge in [-0.3, -0.25) is 4.90 Å². The second-order valence-electron chi connectivity index (χ2n) is 5.18. The van der Waals surface area contributed by atoms with Crippen LogP contribution in [0.2, 0.25) is 0 Å². The van der Waals surface area contributed by atoms with E-state index in [4.69, 9.17) is 0 Å². The maximum Gasteiger partial charge on any atom is 0.326 e. The summed E-state index contributed by atoms with van der Waals surface area (Å²) in [6, 6.07) is 6.30. The van der Waals surface area contributed by atoms with E-state index >= 15 is 0 Å². The molecule has 1 aromatic carbocycles. The Morgan fingerprint density at radius 1 is 1.29 bits per heavy atom. The van der Waals surface area contributed by atoms with Crippen molar-refractivity contribution in [2.45, 2.75) is 40.2 Å². The Morgan fingerprint density at radius 3 is 2.38 bits per heavy atom. The van der Waals surface area contributed by atoms with E-state index in [1.165, 1.54) is 0 Å². The van der Waals surface area contributed by atoms with Crippen LogP contribution in [0, 0.1) is 12.8 Å². The fraction of sp³-hybridized carbons (Fsp3) is 0.500. The van der Waals surface area contributed by atoms with Crippen LogP contribution in [-0.4, -0.2) is 29.7 Å². The first-order valence-electron chi connectivity index (χ1n) is 7.28. The third-order valence-corrected chi connectivity index (χ3v) is 3.73. The maximum absolute atomic E-state index is 12.4. The Labute approximate surface area is 126 Å². The number of para-hydroxylation sites is 1. The SMILES string of the molecule is CCC(C)[C@H](NC(=O)N(CC)c1ccccc1C)C(=O)O. The molecule has 2 atom stereocenters. The van der Waals surface area contributed by atoms with E-state index < -0.39 is 12.0 Å². The molecule has 1 unspecified atom stereocenters. The number of aliphatic carboxylic acids is 1. The van der Waals surface area contributed by atoms with E-state index in [1.54, 1.807) is 4.90 Å². The molecule has 21 heavy (non-hydrogen) atoms. The Balaban J connectivity index is 2.94. The van der Waals surface area contributed by atoms with Crippen molar-refractivity contribution in [1.82, 2.24) is 5.32 Å². The number of anilines is 1. The number of nitrogens with one attached hydrogen (secondary N) is 1. The number of carbonyl (C=O) groups excluding carboxylic acids is 1. The molecule has 0 radical (unpaired) electrons. The molecule has 0 aliphatic carbocycles. The van der Waals surface area contributed by atoms with Crippen LogP contribution in [0.15, 0.2) is 24.3 Å². The summed E-state index contributed by atoms with van der Waals surface area (Å²) in [4.78, 5) is 25.3. The summed E-state index contributed by atoms with van der Waals surface area (Å²) in [5, 5.41) is 11.9. The van der Waals surface area contributed by atoms with Gasteiger partial charge in [0, 0.05) is 12.2 Å². The molecule has 0 aromatic heterocycles. The number of rotatable bonds is 6. The first-order valence-corrected chi connectivity index (χ1v) is 7.28. The summed E-state index contributed by atoms with van der Waals surface area (Å²) >= 11 is 0.